The Morgan fingerprint density at radius 1 is 0.879 bits per heavy atom. The first kappa shape index (κ1) is 20.5. The lowest BCUT2D eigenvalue weighted by Gasteiger charge is -2.13. The van der Waals surface area contributed by atoms with Gasteiger partial charge in [0.05, 0.1) is 5.52 Å². The van der Waals surface area contributed by atoms with E-state index in [4.69, 9.17) is 9.72 Å². The van der Waals surface area contributed by atoms with E-state index in [2.05, 4.69) is 4.98 Å². The van der Waals surface area contributed by atoms with E-state index in [1.165, 1.54) is 10.6 Å². The van der Waals surface area contributed by atoms with Crippen LogP contribution >= 0.6 is 0 Å². The van der Waals surface area contributed by atoms with Crippen molar-refractivity contribution in [3.8, 4) is 34.0 Å². The average molecular weight is 438 g/mol. The molecule has 3 heterocycles. The maximum atomic E-state index is 12.1. The largest absolute Gasteiger partial charge is 0.454 e. The van der Waals surface area contributed by atoms with E-state index in [-0.39, 0.29) is 11.1 Å². The Morgan fingerprint density at radius 3 is 2.36 bits per heavy atom. The minimum absolute atomic E-state index is 0.0417. The Morgan fingerprint density at radius 2 is 1.64 bits per heavy atom. The van der Waals surface area contributed by atoms with Gasteiger partial charge < -0.3 is 18.9 Å². The van der Waals surface area contributed by atoms with Gasteiger partial charge in [-0.25, -0.2) is 4.98 Å². The molecule has 0 amide bonds. The van der Waals surface area contributed by atoms with Gasteiger partial charge in [-0.15, -0.1) is 0 Å². The lowest BCUT2D eigenvalue weighted by Crippen LogP contribution is -2.18. The molecule has 0 bridgehead atoms. The maximum absolute atomic E-state index is 12.1. The molecule has 3 aromatic heterocycles. The van der Waals surface area contributed by atoms with Crippen molar-refractivity contribution in [3.05, 3.63) is 99.3 Å². The van der Waals surface area contributed by atoms with Crippen molar-refractivity contribution < 1.29 is 4.74 Å². The molecule has 0 spiro atoms. The molecule has 0 saturated carbocycles. The van der Waals surface area contributed by atoms with Gasteiger partial charge in [-0.1, -0.05) is 18.2 Å². The summed E-state index contributed by atoms with van der Waals surface area (Å²) in [4.78, 5) is 32.2. The van der Waals surface area contributed by atoms with E-state index in [0.717, 1.165) is 22.2 Å². The highest BCUT2D eigenvalue weighted by molar-refractivity contribution is 5.92. The SMILES string of the molecule is Cc1cc(-c2nc3c(Oc4ccccc4)c(-c4ccc(=O)n(C)c4)ccc3[nH]2)cn(C)c1=O. The number of hydrogen-bond donors (Lipinski definition) is 1. The minimum atomic E-state index is -0.0857. The summed E-state index contributed by atoms with van der Waals surface area (Å²) in [7, 11) is 3.44. The molecule has 164 valence electrons. The van der Waals surface area contributed by atoms with Gasteiger partial charge in [0.25, 0.3) is 5.56 Å². The lowest BCUT2D eigenvalue weighted by atomic mass is 10.1. The summed E-state index contributed by atoms with van der Waals surface area (Å²) in [5.74, 6) is 1.90. The number of para-hydroxylation sites is 1. The summed E-state index contributed by atoms with van der Waals surface area (Å²) in [5.41, 5.74) is 4.44. The summed E-state index contributed by atoms with van der Waals surface area (Å²) < 4.78 is 9.43. The fourth-order valence-corrected chi connectivity index (χ4v) is 3.88. The number of H-pyrrole nitrogens is 1. The Kier molecular flexibility index (Phi) is 4.94. The van der Waals surface area contributed by atoms with Gasteiger partial charge in [-0.3, -0.25) is 9.59 Å². The Balaban J connectivity index is 1.74. The van der Waals surface area contributed by atoms with Crippen LogP contribution in [0.15, 0.2) is 82.6 Å². The van der Waals surface area contributed by atoms with Crippen molar-refractivity contribution in [1.82, 2.24) is 19.1 Å². The molecule has 0 aliphatic heterocycles. The fourth-order valence-electron chi connectivity index (χ4n) is 3.88. The molecule has 0 radical (unpaired) electrons. The number of aromatic amines is 1. The molecule has 7 nitrogen and oxygen atoms in total. The van der Waals surface area contributed by atoms with Crippen LogP contribution in [0, 0.1) is 6.92 Å². The van der Waals surface area contributed by atoms with Gasteiger partial charge in [-0.2, -0.15) is 0 Å². The van der Waals surface area contributed by atoms with Gasteiger partial charge in [0.15, 0.2) is 5.75 Å². The first-order chi connectivity index (χ1) is 15.9. The van der Waals surface area contributed by atoms with E-state index in [0.29, 0.717) is 28.4 Å². The van der Waals surface area contributed by atoms with Crippen LogP contribution in [-0.4, -0.2) is 19.1 Å². The third-order valence-electron chi connectivity index (χ3n) is 5.60. The summed E-state index contributed by atoms with van der Waals surface area (Å²) in [6.45, 7) is 1.79. The van der Waals surface area contributed by atoms with Crippen LogP contribution in [0.25, 0.3) is 33.5 Å². The van der Waals surface area contributed by atoms with Crippen LogP contribution in [0.1, 0.15) is 5.56 Å². The zero-order valence-corrected chi connectivity index (χ0v) is 18.5. The van der Waals surface area contributed by atoms with Gasteiger partial charge >= 0.3 is 0 Å². The number of aromatic nitrogens is 4. The summed E-state index contributed by atoms with van der Waals surface area (Å²) in [6, 6.07) is 18.5. The average Bonchev–Trinajstić information content (AvgIpc) is 3.25. The molecule has 0 atom stereocenters. The molecule has 5 rings (SSSR count). The molecule has 5 aromatic rings. The zero-order valence-electron chi connectivity index (χ0n) is 18.5. The standard InChI is InChI=1S/C26H22N4O3/c1-16-13-18(15-30(3)26(16)32)25-27-21-11-10-20(17-9-12-22(31)29(2)14-17)24(23(21)28-25)33-19-7-5-4-6-8-19/h4-15H,1-3H3,(H,27,28). The Hall–Kier alpha value is -4.39. The van der Waals surface area contributed by atoms with Gasteiger partial charge in [0.2, 0.25) is 5.56 Å². The van der Waals surface area contributed by atoms with Crippen LogP contribution in [0.5, 0.6) is 11.5 Å². The van der Waals surface area contributed by atoms with Crippen molar-refractivity contribution in [2.75, 3.05) is 0 Å². The molecule has 7 heteroatoms. The monoisotopic (exact) mass is 438 g/mol. The summed E-state index contributed by atoms with van der Waals surface area (Å²) >= 11 is 0. The smallest absolute Gasteiger partial charge is 0.253 e. The third-order valence-corrected chi connectivity index (χ3v) is 5.60. The number of benzene rings is 2. The number of fused-ring (bicyclic) bond motifs is 1. The Labute approximate surface area is 189 Å². The van der Waals surface area contributed by atoms with E-state index >= 15 is 0 Å². The zero-order chi connectivity index (χ0) is 23.1. The molecule has 0 unspecified atom stereocenters. The quantitative estimate of drug-likeness (QED) is 0.451. The van der Waals surface area contributed by atoms with Crippen molar-refractivity contribution in [1.29, 1.82) is 0 Å². The lowest BCUT2D eigenvalue weighted by molar-refractivity contribution is 0.489. The molecular weight excluding hydrogens is 416 g/mol. The van der Waals surface area contributed by atoms with Gasteiger partial charge in [0, 0.05) is 54.8 Å². The second kappa shape index (κ2) is 7.94. The summed E-state index contributed by atoms with van der Waals surface area (Å²) in [6.07, 6.45) is 3.55. The number of rotatable bonds is 4. The molecule has 33 heavy (non-hydrogen) atoms. The highest BCUT2D eigenvalue weighted by Crippen LogP contribution is 2.39. The molecular formula is C26H22N4O3. The van der Waals surface area contributed by atoms with Gasteiger partial charge in [0.1, 0.15) is 17.1 Å². The number of nitrogens with one attached hydrogen (secondary N) is 1. The molecule has 0 fully saturated rings. The van der Waals surface area contributed by atoms with Crippen LogP contribution in [0.2, 0.25) is 0 Å². The first-order valence-corrected chi connectivity index (χ1v) is 10.5. The molecule has 0 saturated heterocycles. The number of ether oxygens (including phenoxy) is 1. The van der Waals surface area contributed by atoms with Crippen molar-refractivity contribution >= 4 is 11.0 Å². The highest BCUT2D eigenvalue weighted by atomic mass is 16.5. The minimum Gasteiger partial charge on any atom is -0.454 e. The van der Waals surface area contributed by atoms with Crippen molar-refractivity contribution in [2.45, 2.75) is 6.92 Å². The number of aryl methyl sites for hydroxylation is 3. The van der Waals surface area contributed by atoms with E-state index in [1.54, 1.807) is 44.0 Å². The molecule has 0 aliphatic carbocycles. The Bertz CT molecular complexity index is 1580. The predicted octanol–water partition coefficient (Wildman–Crippen LogP) is 4.40. The van der Waals surface area contributed by atoms with Crippen molar-refractivity contribution in [2.24, 2.45) is 14.1 Å². The number of nitrogens with zero attached hydrogens (tertiary/aromatic N) is 3. The van der Waals surface area contributed by atoms with E-state index in [1.807, 2.05) is 48.5 Å². The molecule has 1 N–H and O–H groups in total. The normalized spacial score (nSPS) is 11.1. The van der Waals surface area contributed by atoms with Crippen LogP contribution in [-0.2, 0) is 14.1 Å². The van der Waals surface area contributed by atoms with Crippen LogP contribution in [0.4, 0.5) is 0 Å². The molecule has 2 aromatic carbocycles. The second-order valence-corrected chi connectivity index (χ2v) is 8.03. The first-order valence-electron chi connectivity index (χ1n) is 10.5. The predicted molar refractivity (Wildman–Crippen MR) is 129 cm³/mol. The van der Waals surface area contributed by atoms with Crippen molar-refractivity contribution in [3.63, 3.8) is 0 Å². The number of imidazole rings is 1. The number of pyridine rings is 2. The van der Waals surface area contributed by atoms with Gasteiger partial charge in [-0.05, 0) is 43.3 Å². The van der Waals surface area contributed by atoms with E-state index < -0.39 is 0 Å². The molecule has 0 aliphatic rings. The maximum Gasteiger partial charge on any atom is 0.253 e. The second-order valence-electron chi connectivity index (χ2n) is 8.03. The number of hydrogen-bond acceptors (Lipinski definition) is 4. The fraction of sp³-hybridized carbons (Fsp3) is 0.115. The third kappa shape index (κ3) is 3.74. The van der Waals surface area contributed by atoms with Crippen LogP contribution < -0.4 is 15.9 Å². The highest BCUT2D eigenvalue weighted by Gasteiger charge is 2.18. The van der Waals surface area contributed by atoms with Crippen LogP contribution in [0.3, 0.4) is 0 Å². The topological polar surface area (TPSA) is 81.9 Å². The summed E-state index contributed by atoms with van der Waals surface area (Å²) in [5, 5.41) is 0. The van der Waals surface area contributed by atoms with E-state index in [9.17, 15) is 9.59 Å².